The Morgan fingerprint density at radius 1 is 0.302 bits per heavy atom. The van der Waals surface area contributed by atoms with Crippen molar-refractivity contribution in [2.24, 2.45) is 0 Å². The molecule has 43 heavy (non-hydrogen) atoms. The topological polar surface area (TPSA) is 4.93 Å². The minimum Gasteiger partial charge on any atom is -0.308 e. The zero-order chi connectivity index (χ0) is 28.1. The molecule has 0 saturated carbocycles. The van der Waals surface area contributed by atoms with Crippen LogP contribution in [0.1, 0.15) is 0 Å². The molecule has 1 aliphatic rings. The fraction of sp³-hybridized carbons (Fsp3) is 0. The number of hydrogen-bond acceptors (Lipinski definition) is 0. The van der Waals surface area contributed by atoms with Gasteiger partial charge in [-0.05, 0) is 67.1 Å². The molecular formula is C42H25N. The van der Waals surface area contributed by atoms with Gasteiger partial charge in [-0.1, -0.05) is 140 Å². The lowest BCUT2D eigenvalue weighted by Gasteiger charge is -2.17. The van der Waals surface area contributed by atoms with E-state index in [2.05, 4.69) is 156 Å². The van der Waals surface area contributed by atoms with Crippen molar-refractivity contribution in [3.05, 3.63) is 152 Å². The summed E-state index contributed by atoms with van der Waals surface area (Å²) in [5.74, 6) is 0. The zero-order valence-electron chi connectivity index (χ0n) is 23.4. The maximum Gasteiger partial charge on any atom is 0.0619 e. The van der Waals surface area contributed by atoms with Crippen molar-refractivity contribution >= 4 is 54.1 Å². The van der Waals surface area contributed by atoms with Gasteiger partial charge >= 0.3 is 0 Å². The van der Waals surface area contributed by atoms with E-state index in [-0.39, 0.29) is 0 Å². The van der Waals surface area contributed by atoms with Gasteiger partial charge in [0, 0.05) is 21.5 Å². The molecule has 0 bridgehead atoms. The highest BCUT2D eigenvalue weighted by Crippen LogP contribution is 2.50. The Hall–Kier alpha value is -5.66. The van der Waals surface area contributed by atoms with Gasteiger partial charge in [0.25, 0.3) is 0 Å². The first kappa shape index (κ1) is 23.0. The molecule has 1 nitrogen and oxygen atoms in total. The zero-order valence-corrected chi connectivity index (χ0v) is 23.4. The lowest BCUT2D eigenvalue weighted by atomic mass is 9.91. The Bertz CT molecular complexity index is 2590. The van der Waals surface area contributed by atoms with Crippen LogP contribution in [0.15, 0.2) is 152 Å². The molecule has 0 aliphatic heterocycles. The molecule has 0 saturated heterocycles. The van der Waals surface area contributed by atoms with E-state index >= 15 is 0 Å². The number of nitrogens with zero attached hydrogens (tertiary/aromatic N) is 1. The number of aromatic nitrogens is 1. The molecule has 0 amide bonds. The quantitative estimate of drug-likeness (QED) is 0.204. The fourth-order valence-electron chi connectivity index (χ4n) is 7.74. The average molecular weight is 544 g/mol. The Kier molecular flexibility index (Phi) is 4.51. The second kappa shape index (κ2) is 8.44. The Morgan fingerprint density at radius 3 is 1.74 bits per heavy atom. The van der Waals surface area contributed by atoms with Gasteiger partial charge in [-0.2, -0.15) is 0 Å². The maximum atomic E-state index is 2.49. The van der Waals surface area contributed by atoms with E-state index in [4.69, 9.17) is 0 Å². The highest BCUT2D eigenvalue weighted by molar-refractivity contribution is 6.22. The van der Waals surface area contributed by atoms with Crippen LogP contribution in [0.5, 0.6) is 0 Å². The third kappa shape index (κ3) is 3.01. The van der Waals surface area contributed by atoms with Gasteiger partial charge < -0.3 is 4.57 Å². The summed E-state index contributed by atoms with van der Waals surface area (Å²) in [6.07, 6.45) is 0. The van der Waals surface area contributed by atoms with Crippen LogP contribution in [0.2, 0.25) is 0 Å². The van der Waals surface area contributed by atoms with Crippen LogP contribution in [0.3, 0.4) is 0 Å². The van der Waals surface area contributed by atoms with E-state index in [1.54, 1.807) is 0 Å². The minimum absolute atomic E-state index is 1.21. The number of fused-ring (bicyclic) bond motifs is 9. The van der Waals surface area contributed by atoms with Crippen LogP contribution in [0, 0.1) is 0 Å². The molecule has 8 aromatic carbocycles. The SMILES string of the molecule is c1ccc2c(c1)-c1cccc3c(-c4ccc(-n5c6ccccc6c6ccc7ccccc7c65)c5ccccc45)ccc-2c13. The summed E-state index contributed by atoms with van der Waals surface area (Å²) < 4.78 is 2.49. The summed E-state index contributed by atoms with van der Waals surface area (Å²) in [5.41, 5.74) is 11.6. The van der Waals surface area contributed by atoms with E-state index in [0.717, 1.165) is 0 Å². The molecule has 10 rings (SSSR count). The minimum atomic E-state index is 1.21. The normalized spacial score (nSPS) is 12.2. The number of benzene rings is 8. The number of rotatable bonds is 2. The molecule has 198 valence electrons. The van der Waals surface area contributed by atoms with Crippen molar-refractivity contribution in [2.75, 3.05) is 0 Å². The lowest BCUT2D eigenvalue weighted by molar-refractivity contribution is 1.20. The van der Waals surface area contributed by atoms with Crippen molar-refractivity contribution in [3.8, 4) is 39.1 Å². The molecule has 0 N–H and O–H groups in total. The van der Waals surface area contributed by atoms with E-state index in [9.17, 15) is 0 Å². The van der Waals surface area contributed by atoms with E-state index in [0.29, 0.717) is 0 Å². The highest BCUT2D eigenvalue weighted by atomic mass is 15.0. The largest absolute Gasteiger partial charge is 0.308 e. The van der Waals surface area contributed by atoms with Crippen molar-refractivity contribution in [1.82, 2.24) is 4.57 Å². The lowest BCUT2D eigenvalue weighted by Crippen LogP contribution is -1.97. The van der Waals surface area contributed by atoms with Gasteiger partial charge in [0.1, 0.15) is 0 Å². The standard InChI is InChI=1S/C42H25N/c1-2-11-27-26(10-1)20-21-38-34-16-7-8-19-39(34)43(42(27)38)40-25-24-31(28-12-5-6-15-33(28)40)32-22-23-37-30-14-4-3-13-29(30)35-17-9-18-36(32)41(35)37/h1-25H. The third-order valence-corrected chi connectivity index (χ3v) is 9.54. The second-order valence-corrected chi connectivity index (χ2v) is 11.6. The summed E-state index contributed by atoms with van der Waals surface area (Å²) >= 11 is 0. The number of para-hydroxylation sites is 1. The van der Waals surface area contributed by atoms with Crippen molar-refractivity contribution in [1.29, 1.82) is 0 Å². The molecule has 1 aromatic heterocycles. The monoisotopic (exact) mass is 543 g/mol. The van der Waals surface area contributed by atoms with Gasteiger partial charge in [-0.3, -0.25) is 0 Å². The molecule has 0 fully saturated rings. The Labute approximate surface area is 248 Å². The van der Waals surface area contributed by atoms with Crippen molar-refractivity contribution in [3.63, 3.8) is 0 Å². The molecule has 0 radical (unpaired) electrons. The summed E-state index contributed by atoms with van der Waals surface area (Å²) in [4.78, 5) is 0. The summed E-state index contributed by atoms with van der Waals surface area (Å²) in [7, 11) is 0. The molecular weight excluding hydrogens is 518 g/mol. The molecule has 9 aromatic rings. The van der Waals surface area contributed by atoms with Gasteiger partial charge in [0.15, 0.2) is 0 Å². The predicted molar refractivity (Wildman–Crippen MR) is 183 cm³/mol. The molecule has 1 heteroatoms. The van der Waals surface area contributed by atoms with Crippen molar-refractivity contribution < 1.29 is 0 Å². The predicted octanol–water partition coefficient (Wildman–Crippen LogP) is 11.6. The van der Waals surface area contributed by atoms with Gasteiger partial charge in [-0.25, -0.2) is 0 Å². The van der Waals surface area contributed by atoms with Crippen LogP contribution < -0.4 is 0 Å². The molecule has 0 unspecified atom stereocenters. The smallest absolute Gasteiger partial charge is 0.0619 e. The van der Waals surface area contributed by atoms with E-state index in [1.165, 1.54) is 93.2 Å². The summed E-state index contributed by atoms with van der Waals surface area (Å²) in [5, 5.41) is 10.3. The van der Waals surface area contributed by atoms with Crippen LogP contribution in [0.4, 0.5) is 0 Å². The van der Waals surface area contributed by atoms with E-state index in [1.807, 2.05) is 0 Å². The molecule has 0 spiro atoms. The first-order chi connectivity index (χ1) is 21.4. The fourth-order valence-corrected chi connectivity index (χ4v) is 7.74. The second-order valence-electron chi connectivity index (χ2n) is 11.6. The van der Waals surface area contributed by atoms with Crippen LogP contribution in [0.25, 0.3) is 93.2 Å². The van der Waals surface area contributed by atoms with E-state index < -0.39 is 0 Å². The average Bonchev–Trinajstić information content (AvgIpc) is 3.59. The van der Waals surface area contributed by atoms with Crippen LogP contribution in [-0.2, 0) is 0 Å². The third-order valence-electron chi connectivity index (χ3n) is 9.54. The Morgan fingerprint density at radius 2 is 0.884 bits per heavy atom. The summed E-state index contributed by atoms with van der Waals surface area (Å²) in [6, 6.07) is 56.0. The first-order valence-electron chi connectivity index (χ1n) is 15.0. The van der Waals surface area contributed by atoms with Gasteiger partial charge in [0.05, 0.1) is 16.7 Å². The van der Waals surface area contributed by atoms with Crippen LogP contribution in [-0.4, -0.2) is 4.57 Å². The van der Waals surface area contributed by atoms with Crippen molar-refractivity contribution in [2.45, 2.75) is 0 Å². The Balaban J connectivity index is 1.29. The molecule has 0 atom stereocenters. The first-order valence-corrected chi connectivity index (χ1v) is 15.0. The van der Waals surface area contributed by atoms with Gasteiger partial charge in [0.2, 0.25) is 0 Å². The maximum absolute atomic E-state index is 2.49. The highest BCUT2D eigenvalue weighted by Gasteiger charge is 2.23. The van der Waals surface area contributed by atoms with Gasteiger partial charge in [-0.15, -0.1) is 0 Å². The molecule has 1 aliphatic carbocycles. The van der Waals surface area contributed by atoms with Crippen LogP contribution >= 0.6 is 0 Å². The number of hydrogen-bond donors (Lipinski definition) is 0. The molecule has 1 heterocycles. The summed E-state index contributed by atoms with van der Waals surface area (Å²) in [6.45, 7) is 0.